The molecule has 18 heavy (non-hydrogen) atoms. The van der Waals surface area contributed by atoms with Gasteiger partial charge in [0, 0.05) is 11.3 Å². The molecule has 1 aromatic rings. The third-order valence-corrected chi connectivity index (χ3v) is 3.06. The van der Waals surface area contributed by atoms with E-state index in [1.54, 1.807) is 24.3 Å². The summed E-state index contributed by atoms with van der Waals surface area (Å²) < 4.78 is 0. The van der Waals surface area contributed by atoms with Crippen LogP contribution in [0.15, 0.2) is 54.1 Å². The fourth-order valence-corrected chi connectivity index (χ4v) is 1.71. The highest BCUT2D eigenvalue weighted by atomic mass is 35.5. The van der Waals surface area contributed by atoms with Gasteiger partial charge in [-0.2, -0.15) is 0 Å². The van der Waals surface area contributed by atoms with E-state index in [-0.39, 0.29) is 5.91 Å². The molecule has 1 aliphatic rings. The van der Waals surface area contributed by atoms with Gasteiger partial charge < -0.3 is 16.8 Å². The first kappa shape index (κ1) is 12.8. The third-order valence-electron chi connectivity index (χ3n) is 2.68. The Labute approximate surface area is 110 Å². The largest absolute Gasteiger partial charge is 0.322 e. The summed E-state index contributed by atoms with van der Waals surface area (Å²) in [4.78, 5) is 10.8. The van der Waals surface area contributed by atoms with Gasteiger partial charge in [0.15, 0.2) is 0 Å². The van der Waals surface area contributed by atoms with Crippen molar-refractivity contribution >= 4 is 23.2 Å². The van der Waals surface area contributed by atoms with E-state index < -0.39 is 11.0 Å². The lowest BCUT2D eigenvalue weighted by Gasteiger charge is -2.26. The van der Waals surface area contributed by atoms with Crippen molar-refractivity contribution in [1.82, 2.24) is 0 Å². The van der Waals surface area contributed by atoms with Gasteiger partial charge in [0.25, 0.3) is 5.91 Å². The number of rotatable bonds is 2. The van der Waals surface area contributed by atoms with E-state index in [0.717, 1.165) is 5.69 Å². The highest BCUT2D eigenvalue weighted by Gasteiger charge is 2.29. The molecular formula is C13H14ClN3O. The molecule has 0 fully saturated rings. The normalized spacial score (nSPS) is 26.6. The number of hydrogen-bond donors (Lipinski definition) is 3. The van der Waals surface area contributed by atoms with Crippen molar-refractivity contribution in [2.75, 3.05) is 5.32 Å². The van der Waals surface area contributed by atoms with Crippen molar-refractivity contribution in [1.29, 1.82) is 0 Å². The molecule has 5 heteroatoms. The number of para-hydroxylation sites is 1. The van der Waals surface area contributed by atoms with Crippen molar-refractivity contribution in [2.24, 2.45) is 11.5 Å². The zero-order valence-electron chi connectivity index (χ0n) is 9.64. The molecule has 4 nitrogen and oxygen atoms in total. The molecule has 5 N–H and O–H groups in total. The first-order valence-corrected chi connectivity index (χ1v) is 5.88. The molecule has 1 aromatic carbocycles. The van der Waals surface area contributed by atoms with Crippen LogP contribution in [-0.2, 0) is 4.79 Å². The number of halogens is 1. The van der Waals surface area contributed by atoms with Crippen molar-refractivity contribution in [2.45, 2.75) is 11.0 Å². The van der Waals surface area contributed by atoms with Gasteiger partial charge in [-0.25, -0.2) is 0 Å². The lowest BCUT2D eigenvalue weighted by atomic mass is 9.98. The topological polar surface area (TPSA) is 81.1 Å². The molecule has 1 aliphatic carbocycles. The van der Waals surface area contributed by atoms with Crippen LogP contribution in [0.25, 0.3) is 0 Å². The van der Waals surface area contributed by atoms with Crippen LogP contribution in [0.5, 0.6) is 0 Å². The number of nitrogens with two attached hydrogens (primary N) is 2. The lowest BCUT2D eigenvalue weighted by molar-refractivity contribution is -0.112. The van der Waals surface area contributed by atoms with E-state index in [1.165, 1.54) is 6.08 Å². The standard InChI is InChI=1S/C13H14ClN3O/c14-13(16)7-6-9(8-11(13)15)12(18)17-10-4-2-1-3-5-10/h1-8,11H,15-16H2,(H,17,18). The second-order valence-electron chi connectivity index (χ2n) is 4.13. The molecule has 2 rings (SSSR count). The van der Waals surface area contributed by atoms with Gasteiger partial charge >= 0.3 is 0 Å². The van der Waals surface area contributed by atoms with Gasteiger partial charge in [-0.1, -0.05) is 42.0 Å². The predicted molar refractivity (Wildman–Crippen MR) is 73.0 cm³/mol. The summed E-state index contributed by atoms with van der Waals surface area (Å²) in [6.45, 7) is 0. The van der Waals surface area contributed by atoms with E-state index in [1.807, 2.05) is 18.2 Å². The van der Waals surface area contributed by atoms with E-state index >= 15 is 0 Å². The van der Waals surface area contributed by atoms with Crippen LogP contribution in [0.2, 0.25) is 0 Å². The van der Waals surface area contributed by atoms with Crippen LogP contribution in [-0.4, -0.2) is 16.9 Å². The molecule has 0 aromatic heterocycles. The monoisotopic (exact) mass is 263 g/mol. The second kappa shape index (κ2) is 4.94. The van der Waals surface area contributed by atoms with Gasteiger partial charge in [-0.15, -0.1) is 0 Å². The number of nitrogens with one attached hydrogen (secondary N) is 1. The minimum absolute atomic E-state index is 0.236. The average Bonchev–Trinajstić information content (AvgIpc) is 2.34. The number of anilines is 1. The molecule has 2 unspecified atom stereocenters. The Bertz CT molecular complexity index is 508. The van der Waals surface area contributed by atoms with E-state index in [2.05, 4.69) is 5.32 Å². The zero-order valence-corrected chi connectivity index (χ0v) is 10.4. The van der Waals surface area contributed by atoms with Crippen LogP contribution in [0.3, 0.4) is 0 Å². The predicted octanol–water partition coefficient (Wildman–Crippen LogP) is 1.34. The quantitative estimate of drug-likeness (QED) is 0.556. The number of alkyl halides is 1. The van der Waals surface area contributed by atoms with Crippen molar-refractivity contribution in [3.05, 3.63) is 54.1 Å². The lowest BCUT2D eigenvalue weighted by Crippen LogP contribution is -2.49. The first-order chi connectivity index (χ1) is 8.49. The smallest absolute Gasteiger partial charge is 0.255 e. The summed E-state index contributed by atoms with van der Waals surface area (Å²) in [7, 11) is 0. The number of carbonyl (C=O) groups excluding carboxylic acids is 1. The van der Waals surface area contributed by atoms with Crippen LogP contribution >= 0.6 is 11.6 Å². The van der Waals surface area contributed by atoms with E-state index in [4.69, 9.17) is 23.1 Å². The molecule has 94 valence electrons. The van der Waals surface area contributed by atoms with Crippen molar-refractivity contribution in [3.63, 3.8) is 0 Å². The maximum atomic E-state index is 12.0. The Balaban J connectivity index is 2.10. The Hall–Kier alpha value is -1.62. The zero-order chi connectivity index (χ0) is 13.2. The number of hydrogen-bond acceptors (Lipinski definition) is 3. The fraction of sp³-hybridized carbons (Fsp3) is 0.154. The minimum Gasteiger partial charge on any atom is -0.322 e. The molecule has 2 atom stereocenters. The third kappa shape index (κ3) is 2.79. The maximum absolute atomic E-state index is 12.0. The maximum Gasteiger partial charge on any atom is 0.255 e. The van der Waals surface area contributed by atoms with E-state index in [0.29, 0.717) is 5.57 Å². The highest BCUT2D eigenvalue weighted by Crippen LogP contribution is 2.22. The number of benzene rings is 1. The summed E-state index contributed by atoms with van der Waals surface area (Å²) >= 11 is 5.94. The summed E-state index contributed by atoms with van der Waals surface area (Å²) in [5.41, 5.74) is 12.7. The van der Waals surface area contributed by atoms with Gasteiger partial charge in [0.1, 0.15) is 5.00 Å². The fourth-order valence-electron chi connectivity index (χ4n) is 1.58. The van der Waals surface area contributed by atoms with Crippen LogP contribution in [0, 0.1) is 0 Å². The Morgan fingerprint density at radius 2 is 2.00 bits per heavy atom. The van der Waals surface area contributed by atoms with Crippen LogP contribution < -0.4 is 16.8 Å². The molecule has 0 radical (unpaired) electrons. The molecule has 0 aliphatic heterocycles. The molecule has 0 saturated carbocycles. The molecule has 0 bridgehead atoms. The summed E-state index contributed by atoms with van der Waals surface area (Å²) in [5.74, 6) is -0.236. The van der Waals surface area contributed by atoms with Gasteiger partial charge in [0.05, 0.1) is 6.04 Å². The minimum atomic E-state index is -1.13. The molecule has 1 amide bonds. The van der Waals surface area contributed by atoms with Crippen LogP contribution in [0.4, 0.5) is 5.69 Å². The van der Waals surface area contributed by atoms with Gasteiger partial charge in [-0.3, -0.25) is 4.79 Å². The summed E-state index contributed by atoms with van der Waals surface area (Å²) in [6.07, 6.45) is 4.67. The molecule has 0 heterocycles. The van der Waals surface area contributed by atoms with E-state index in [9.17, 15) is 4.79 Å². The Morgan fingerprint density at radius 3 is 2.61 bits per heavy atom. The number of amides is 1. The highest BCUT2D eigenvalue weighted by molar-refractivity contribution is 6.26. The molecule has 0 spiro atoms. The average molecular weight is 264 g/mol. The van der Waals surface area contributed by atoms with Gasteiger partial charge in [0.2, 0.25) is 0 Å². The number of carbonyl (C=O) groups is 1. The van der Waals surface area contributed by atoms with Crippen LogP contribution in [0.1, 0.15) is 0 Å². The SMILES string of the molecule is NC1C=C(C(=O)Nc2ccccc2)C=CC1(N)Cl. The Morgan fingerprint density at radius 1 is 1.33 bits per heavy atom. The van der Waals surface area contributed by atoms with Gasteiger partial charge in [-0.05, 0) is 18.2 Å². The second-order valence-corrected chi connectivity index (χ2v) is 4.78. The van der Waals surface area contributed by atoms with Crippen molar-refractivity contribution in [3.8, 4) is 0 Å². The van der Waals surface area contributed by atoms with Crippen molar-refractivity contribution < 1.29 is 4.79 Å². The first-order valence-electron chi connectivity index (χ1n) is 5.50. The summed E-state index contributed by atoms with van der Waals surface area (Å²) in [6, 6.07) is 8.58. The molecule has 0 saturated heterocycles. The Kier molecular flexibility index (Phi) is 3.52. The summed E-state index contributed by atoms with van der Waals surface area (Å²) in [5, 5.41) is 2.76. The molecular weight excluding hydrogens is 250 g/mol.